The summed E-state index contributed by atoms with van der Waals surface area (Å²) in [6, 6.07) is 0.637. The number of rotatable bonds is 8. The molecule has 0 amide bonds. The van der Waals surface area contributed by atoms with Crippen LogP contribution in [0, 0.1) is 0 Å². The average Bonchev–Trinajstić information content (AvgIpc) is 2.81. The van der Waals surface area contributed by atoms with Crippen LogP contribution >= 0.6 is 11.6 Å². The van der Waals surface area contributed by atoms with E-state index in [4.69, 9.17) is 11.6 Å². The zero-order valence-electron chi connectivity index (χ0n) is 10.7. The second kappa shape index (κ2) is 7.59. The van der Waals surface area contributed by atoms with E-state index in [1.165, 1.54) is 25.7 Å². The Morgan fingerprint density at radius 2 is 1.88 bits per heavy atom. The predicted molar refractivity (Wildman–Crippen MR) is 73.5 cm³/mol. The summed E-state index contributed by atoms with van der Waals surface area (Å²) in [5.41, 5.74) is 0. The molecule has 1 aliphatic rings. The second-order valence-corrected chi connectivity index (χ2v) is 7.60. The molecule has 0 heterocycles. The Balaban J connectivity index is 2.34. The molecule has 1 fully saturated rings. The van der Waals surface area contributed by atoms with Crippen LogP contribution in [0.5, 0.6) is 0 Å². The molecule has 17 heavy (non-hydrogen) atoms. The summed E-state index contributed by atoms with van der Waals surface area (Å²) in [6.45, 7) is 3.47. The summed E-state index contributed by atoms with van der Waals surface area (Å²) in [4.78, 5) is 2.38. The van der Waals surface area contributed by atoms with Crippen molar-refractivity contribution in [3.8, 4) is 0 Å². The van der Waals surface area contributed by atoms with E-state index in [1.54, 1.807) is 6.92 Å². The van der Waals surface area contributed by atoms with Gasteiger partial charge in [-0.05, 0) is 25.8 Å². The van der Waals surface area contributed by atoms with Crippen molar-refractivity contribution in [1.82, 2.24) is 4.90 Å². The van der Waals surface area contributed by atoms with Gasteiger partial charge >= 0.3 is 0 Å². The van der Waals surface area contributed by atoms with Gasteiger partial charge in [-0.15, -0.1) is 11.6 Å². The molecular formula is C12H24ClNO2S. The van der Waals surface area contributed by atoms with Crippen LogP contribution in [-0.4, -0.2) is 49.8 Å². The van der Waals surface area contributed by atoms with Gasteiger partial charge in [0.2, 0.25) is 0 Å². The van der Waals surface area contributed by atoms with Gasteiger partial charge in [-0.3, -0.25) is 4.90 Å². The number of halogens is 1. The monoisotopic (exact) mass is 281 g/mol. The van der Waals surface area contributed by atoms with E-state index < -0.39 is 9.84 Å². The van der Waals surface area contributed by atoms with Crippen LogP contribution in [0.1, 0.15) is 39.0 Å². The number of hydrogen-bond donors (Lipinski definition) is 0. The lowest BCUT2D eigenvalue weighted by atomic mass is 10.2. The van der Waals surface area contributed by atoms with Crippen molar-refractivity contribution in [3.05, 3.63) is 0 Å². The fraction of sp³-hybridized carbons (Fsp3) is 1.00. The van der Waals surface area contributed by atoms with Gasteiger partial charge in [-0.25, -0.2) is 8.42 Å². The van der Waals surface area contributed by atoms with Gasteiger partial charge in [0.15, 0.2) is 0 Å². The number of alkyl halides is 1. The fourth-order valence-corrected chi connectivity index (χ4v) is 3.56. The van der Waals surface area contributed by atoms with Crippen molar-refractivity contribution in [1.29, 1.82) is 0 Å². The third kappa shape index (κ3) is 5.58. The molecule has 0 spiro atoms. The Morgan fingerprint density at radius 1 is 1.24 bits per heavy atom. The molecule has 0 radical (unpaired) electrons. The van der Waals surface area contributed by atoms with E-state index in [1.807, 2.05) is 0 Å². The molecular weight excluding hydrogens is 258 g/mol. The SMILES string of the molecule is CCS(=O)(=O)CCCN(CCCl)C1CCCC1. The zero-order valence-corrected chi connectivity index (χ0v) is 12.3. The van der Waals surface area contributed by atoms with Crippen molar-refractivity contribution in [2.75, 3.05) is 30.5 Å². The van der Waals surface area contributed by atoms with Crippen LogP contribution < -0.4 is 0 Å². The van der Waals surface area contributed by atoms with Crippen LogP contribution in [0.15, 0.2) is 0 Å². The molecule has 1 aliphatic carbocycles. The van der Waals surface area contributed by atoms with Gasteiger partial charge in [-0.2, -0.15) is 0 Å². The summed E-state index contributed by atoms with van der Waals surface area (Å²) in [6.07, 6.45) is 5.84. The third-order valence-corrected chi connectivity index (χ3v) is 5.51. The van der Waals surface area contributed by atoms with E-state index in [2.05, 4.69) is 4.90 Å². The number of sulfone groups is 1. The molecule has 0 aliphatic heterocycles. The van der Waals surface area contributed by atoms with Crippen LogP contribution in [0.4, 0.5) is 0 Å². The second-order valence-electron chi connectivity index (χ2n) is 4.75. The minimum atomic E-state index is -2.81. The number of nitrogens with zero attached hydrogens (tertiary/aromatic N) is 1. The summed E-state index contributed by atoms with van der Waals surface area (Å²) in [5, 5.41) is 0. The quantitative estimate of drug-likeness (QED) is 0.641. The smallest absolute Gasteiger partial charge is 0.150 e. The Hall–Kier alpha value is 0.200. The first kappa shape index (κ1) is 15.3. The molecule has 0 saturated heterocycles. The van der Waals surface area contributed by atoms with Gasteiger partial charge in [0.05, 0.1) is 5.75 Å². The van der Waals surface area contributed by atoms with Gasteiger partial charge in [0, 0.05) is 24.2 Å². The van der Waals surface area contributed by atoms with Gasteiger partial charge < -0.3 is 0 Å². The highest BCUT2D eigenvalue weighted by atomic mass is 35.5. The lowest BCUT2D eigenvalue weighted by Gasteiger charge is -2.27. The highest BCUT2D eigenvalue weighted by Gasteiger charge is 2.22. The van der Waals surface area contributed by atoms with E-state index >= 15 is 0 Å². The van der Waals surface area contributed by atoms with Crippen LogP contribution in [0.3, 0.4) is 0 Å². The molecule has 0 aromatic heterocycles. The minimum absolute atomic E-state index is 0.256. The van der Waals surface area contributed by atoms with Gasteiger partial charge in [0.1, 0.15) is 9.84 Å². The standard InChI is InChI=1S/C12H24ClNO2S/c1-2-17(15,16)11-5-9-14(10-8-13)12-6-3-4-7-12/h12H,2-11H2,1H3. The maximum Gasteiger partial charge on any atom is 0.150 e. The Bertz CT molecular complexity index is 300. The van der Waals surface area contributed by atoms with Crippen LogP contribution in [-0.2, 0) is 9.84 Å². The molecule has 1 rings (SSSR count). The summed E-state index contributed by atoms with van der Waals surface area (Å²) in [7, 11) is -2.81. The largest absolute Gasteiger partial charge is 0.299 e. The maximum absolute atomic E-state index is 11.4. The third-order valence-electron chi connectivity index (χ3n) is 3.55. The molecule has 1 saturated carbocycles. The Labute approximate surface area is 110 Å². The number of hydrogen-bond acceptors (Lipinski definition) is 3. The molecule has 0 aromatic carbocycles. The van der Waals surface area contributed by atoms with E-state index in [9.17, 15) is 8.42 Å². The Kier molecular flexibility index (Phi) is 6.82. The van der Waals surface area contributed by atoms with Crippen molar-refractivity contribution >= 4 is 21.4 Å². The summed E-state index contributed by atoms with van der Waals surface area (Å²) in [5.74, 6) is 1.21. The average molecular weight is 282 g/mol. The lowest BCUT2D eigenvalue weighted by molar-refractivity contribution is 0.211. The molecule has 102 valence electrons. The molecule has 3 nitrogen and oxygen atoms in total. The van der Waals surface area contributed by atoms with Gasteiger partial charge in [0.25, 0.3) is 0 Å². The predicted octanol–water partition coefficient (Wildman–Crippen LogP) is 2.29. The molecule has 5 heteroatoms. The van der Waals surface area contributed by atoms with Crippen LogP contribution in [0.2, 0.25) is 0 Å². The van der Waals surface area contributed by atoms with E-state index in [-0.39, 0.29) is 5.75 Å². The van der Waals surface area contributed by atoms with E-state index in [0.717, 1.165) is 19.5 Å². The van der Waals surface area contributed by atoms with Gasteiger partial charge in [-0.1, -0.05) is 19.8 Å². The first-order valence-electron chi connectivity index (χ1n) is 6.59. The van der Waals surface area contributed by atoms with Crippen LogP contribution in [0.25, 0.3) is 0 Å². The lowest BCUT2D eigenvalue weighted by Crippen LogP contribution is -2.36. The highest BCUT2D eigenvalue weighted by Crippen LogP contribution is 2.23. The molecule has 0 N–H and O–H groups in total. The first-order chi connectivity index (χ1) is 8.09. The van der Waals surface area contributed by atoms with E-state index in [0.29, 0.717) is 17.7 Å². The van der Waals surface area contributed by atoms with Crippen molar-refractivity contribution in [2.24, 2.45) is 0 Å². The molecule has 0 atom stereocenters. The topological polar surface area (TPSA) is 37.4 Å². The zero-order chi connectivity index (χ0) is 12.7. The summed E-state index contributed by atoms with van der Waals surface area (Å²) >= 11 is 5.81. The highest BCUT2D eigenvalue weighted by molar-refractivity contribution is 7.91. The van der Waals surface area contributed by atoms with Crippen molar-refractivity contribution < 1.29 is 8.42 Å². The molecule has 0 unspecified atom stereocenters. The molecule has 0 bridgehead atoms. The van der Waals surface area contributed by atoms with Crippen molar-refractivity contribution in [3.63, 3.8) is 0 Å². The van der Waals surface area contributed by atoms with Crippen molar-refractivity contribution in [2.45, 2.75) is 45.1 Å². The fourth-order valence-electron chi connectivity index (χ4n) is 2.49. The first-order valence-corrected chi connectivity index (χ1v) is 8.95. The summed E-state index contributed by atoms with van der Waals surface area (Å²) < 4.78 is 22.8. The Morgan fingerprint density at radius 3 is 2.41 bits per heavy atom. The minimum Gasteiger partial charge on any atom is -0.299 e. The maximum atomic E-state index is 11.4. The normalized spacial score (nSPS) is 18.1. The molecule has 0 aromatic rings.